The monoisotopic (exact) mass is 280 g/mol. The van der Waals surface area contributed by atoms with Crippen LogP contribution in [0, 0.1) is 12.7 Å². The Morgan fingerprint density at radius 1 is 1.47 bits per heavy atom. The maximum atomic E-state index is 13.4. The van der Waals surface area contributed by atoms with Gasteiger partial charge in [0.1, 0.15) is 6.61 Å². The average molecular weight is 280 g/mol. The van der Waals surface area contributed by atoms with E-state index in [0.717, 1.165) is 10.4 Å². The van der Waals surface area contributed by atoms with Crippen LogP contribution in [0.15, 0.2) is 30.3 Å². The molecule has 2 rings (SSSR count). The summed E-state index contributed by atoms with van der Waals surface area (Å²) in [6, 6.07) is 7.89. The van der Waals surface area contributed by atoms with Crippen LogP contribution in [0.1, 0.15) is 20.1 Å². The molecule has 0 radical (unpaired) electrons. The number of hydrogen-bond acceptors (Lipinski definition) is 4. The number of carbonyl (C=O) groups excluding carboxylic acids is 1. The molecule has 0 atom stereocenters. The number of aryl methyl sites for hydroxylation is 1. The van der Waals surface area contributed by atoms with Crippen molar-refractivity contribution in [3.8, 4) is 5.75 Å². The third-order valence-corrected chi connectivity index (χ3v) is 3.69. The van der Waals surface area contributed by atoms with Crippen LogP contribution in [0.3, 0.4) is 0 Å². The van der Waals surface area contributed by atoms with Gasteiger partial charge in [0, 0.05) is 10.4 Å². The number of nitrogen functional groups attached to an aromatic ring is 1. The molecule has 0 saturated carbocycles. The molecule has 19 heavy (non-hydrogen) atoms. The highest BCUT2D eigenvalue weighted by Gasteiger charge is 2.12. The quantitative estimate of drug-likeness (QED) is 0.513. The minimum Gasteiger partial charge on any atom is -0.486 e. The van der Waals surface area contributed by atoms with Gasteiger partial charge in [-0.1, -0.05) is 12.1 Å². The molecular formula is C13H13FN2O2S. The highest BCUT2D eigenvalue weighted by molar-refractivity contribution is 7.14. The number of benzene rings is 1. The lowest BCUT2D eigenvalue weighted by Gasteiger charge is -2.06. The lowest BCUT2D eigenvalue weighted by atomic mass is 10.2. The number of hydrazine groups is 1. The predicted molar refractivity (Wildman–Crippen MR) is 71.4 cm³/mol. The lowest BCUT2D eigenvalue weighted by molar-refractivity contribution is 0.0957. The Morgan fingerprint density at radius 3 is 2.89 bits per heavy atom. The van der Waals surface area contributed by atoms with Crippen molar-refractivity contribution in [1.82, 2.24) is 5.43 Å². The maximum absolute atomic E-state index is 13.4. The number of ether oxygens (including phenoxy) is 1. The summed E-state index contributed by atoms with van der Waals surface area (Å²) in [7, 11) is 0. The minimum atomic E-state index is -0.407. The van der Waals surface area contributed by atoms with Gasteiger partial charge in [0.25, 0.3) is 5.91 Å². The molecule has 1 aromatic heterocycles. The molecular weight excluding hydrogens is 267 g/mol. The van der Waals surface area contributed by atoms with Crippen LogP contribution in [0.4, 0.5) is 4.39 Å². The molecule has 0 fully saturated rings. The SMILES string of the molecule is Cc1sc(C(=O)NN)cc1COc1ccccc1F. The number of nitrogens with two attached hydrogens (primary N) is 1. The van der Waals surface area contributed by atoms with E-state index in [-0.39, 0.29) is 18.3 Å². The predicted octanol–water partition coefficient (Wildman–Crippen LogP) is 2.38. The van der Waals surface area contributed by atoms with E-state index < -0.39 is 5.82 Å². The van der Waals surface area contributed by atoms with Crippen LogP contribution in [0.2, 0.25) is 0 Å². The summed E-state index contributed by atoms with van der Waals surface area (Å²) in [5, 5.41) is 0. The molecule has 0 aliphatic heterocycles. The molecule has 1 aromatic carbocycles. The van der Waals surface area contributed by atoms with Gasteiger partial charge < -0.3 is 4.74 Å². The Morgan fingerprint density at radius 2 is 2.21 bits per heavy atom. The molecule has 0 saturated heterocycles. The van der Waals surface area contributed by atoms with Crippen molar-refractivity contribution in [1.29, 1.82) is 0 Å². The van der Waals surface area contributed by atoms with Crippen LogP contribution in [-0.2, 0) is 6.61 Å². The van der Waals surface area contributed by atoms with Crippen molar-refractivity contribution < 1.29 is 13.9 Å². The standard InChI is InChI=1S/C13H13FN2O2S/c1-8-9(6-12(19-8)13(17)16-15)7-18-11-5-3-2-4-10(11)14/h2-6H,7,15H2,1H3,(H,16,17). The molecule has 4 nitrogen and oxygen atoms in total. The molecule has 2 aromatic rings. The third-order valence-electron chi connectivity index (χ3n) is 2.60. The molecule has 1 heterocycles. The summed E-state index contributed by atoms with van der Waals surface area (Å²) in [4.78, 5) is 12.8. The van der Waals surface area contributed by atoms with Gasteiger partial charge >= 0.3 is 0 Å². The van der Waals surface area contributed by atoms with Crippen LogP contribution in [0.25, 0.3) is 0 Å². The number of nitrogens with one attached hydrogen (secondary N) is 1. The van der Waals surface area contributed by atoms with Gasteiger partial charge in [0.15, 0.2) is 11.6 Å². The number of halogens is 1. The first-order valence-electron chi connectivity index (χ1n) is 5.59. The van der Waals surface area contributed by atoms with Crippen molar-refractivity contribution in [2.45, 2.75) is 13.5 Å². The van der Waals surface area contributed by atoms with Gasteiger partial charge in [-0.2, -0.15) is 0 Å². The fourth-order valence-electron chi connectivity index (χ4n) is 1.56. The Bertz CT molecular complexity index is 598. The normalized spacial score (nSPS) is 10.3. The molecule has 3 N–H and O–H groups in total. The molecule has 0 unspecified atom stereocenters. The largest absolute Gasteiger partial charge is 0.486 e. The molecule has 0 spiro atoms. The summed E-state index contributed by atoms with van der Waals surface area (Å²) in [5.41, 5.74) is 2.92. The van der Waals surface area contributed by atoms with Gasteiger partial charge in [0.05, 0.1) is 4.88 Å². The first-order valence-corrected chi connectivity index (χ1v) is 6.41. The number of carbonyl (C=O) groups is 1. The zero-order valence-corrected chi connectivity index (χ0v) is 11.1. The fraction of sp³-hybridized carbons (Fsp3) is 0.154. The Labute approximate surface area is 114 Å². The van der Waals surface area contributed by atoms with E-state index in [1.807, 2.05) is 6.92 Å². The number of amides is 1. The summed E-state index contributed by atoms with van der Waals surface area (Å²) in [6.45, 7) is 2.08. The van der Waals surface area contributed by atoms with Crippen LogP contribution in [-0.4, -0.2) is 5.91 Å². The molecule has 0 bridgehead atoms. The molecule has 1 amide bonds. The third kappa shape index (κ3) is 3.10. The van der Waals surface area contributed by atoms with Crippen LogP contribution >= 0.6 is 11.3 Å². The zero-order chi connectivity index (χ0) is 13.8. The summed E-state index contributed by atoms with van der Waals surface area (Å²) < 4.78 is 18.8. The number of rotatable bonds is 4. The highest BCUT2D eigenvalue weighted by atomic mass is 32.1. The van der Waals surface area contributed by atoms with Gasteiger partial charge in [-0.3, -0.25) is 10.2 Å². The van der Waals surface area contributed by atoms with Gasteiger partial charge in [-0.15, -0.1) is 11.3 Å². The Kier molecular flexibility index (Phi) is 4.13. The number of hydrogen-bond donors (Lipinski definition) is 2. The second-order valence-electron chi connectivity index (χ2n) is 3.88. The second kappa shape index (κ2) is 5.81. The van der Waals surface area contributed by atoms with E-state index in [0.29, 0.717) is 4.88 Å². The summed E-state index contributed by atoms with van der Waals surface area (Å²) in [5.74, 6) is 4.52. The second-order valence-corrected chi connectivity index (χ2v) is 5.14. The van der Waals surface area contributed by atoms with Gasteiger partial charge in [-0.25, -0.2) is 10.2 Å². The first-order chi connectivity index (χ1) is 9.11. The Balaban J connectivity index is 2.10. The molecule has 0 aliphatic rings. The zero-order valence-electron chi connectivity index (χ0n) is 10.3. The van der Waals surface area contributed by atoms with Gasteiger partial charge in [-0.05, 0) is 25.1 Å². The van der Waals surface area contributed by atoms with E-state index in [2.05, 4.69) is 5.43 Å². The number of thiophene rings is 1. The van der Waals surface area contributed by atoms with Crippen molar-refractivity contribution >= 4 is 17.2 Å². The van der Waals surface area contributed by atoms with Gasteiger partial charge in [0.2, 0.25) is 0 Å². The van der Waals surface area contributed by atoms with Crippen molar-refractivity contribution in [2.24, 2.45) is 5.84 Å². The maximum Gasteiger partial charge on any atom is 0.275 e. The summed E-state index contributed by atoms with van der Waals surface area (Å²) in [6.07, 6.45) is 0. The molecule has 100 valence electrons. The smallest absolute Gasteiger partial charge is 0.275 e. The van der Waals surface area contributed by atoms with Crippen molar-refractivity contribution in [2.75, 3.05) is 0 Å². The molecule has 6 heteroatoms. The minimum absolute atomic E-state index is 0.193. The number of para-hydroxylation sites is 1. The van der Waals surface area contributed by atoms with E-state index >= 15 is 0 Å². The first kappa shape index (κ1) is 13.5. The summed E-state index contributed by atoms with van der Waals surface area (Å²) >= 11 is 1.32. The topological polar surface area (TPSA) is 64.4 Å². The van der Waals surface area contributed by atoms with E-state index in [4.69, 9.17) is 10.6 Å². The van der Waals surface area contributed by atoms with E-state index in [9.17, 15) is 9.18 Å². The van der Waals surface area contributed by atoms with Crippen molar-refractivity contribution in [3.63, 3.8) is 0 Å². The van der Waals surface area contributed by atoms with Crippen LogP contribution in [0.5, 0.6) is 5.75 Å². The van der Waals surface area contributed by atoms with Crippen molar-refractivity contribution in [3.05, 3.63) is 51.5 Å². The Hall–Kier alpha value is -1.92. The fourth-order valence-corrected chi connectivity index (χ4v) is 2.50. The van der Waals surface area contributed by atoms with E-state index in [1.54, 1.807) is 24.3 Å². The lowest BCUT2D eigenvalue weighted by Crippen LogP contribution is -2.29. The highest BCUT2D eigenvalue weighted by Crippen LogP contribution is 2.24. The molecule has 0 aliphatic carbocycles. The van der Waals surface area contributed by atoms with E-state index in [1.165, 1.54) is 17.4 Å². The van der Waals surface area contributed by atoms with Crippen LogP contribution < -0.4 is 16.0 Å². The average Bonchev–Trinajstić information content (AvgIpc) is 2.78.